The highest BCUT2D eigenvalue weighted by Gasteiger charge is 2.18. The lowest BCUT2D eigenvalue weighted by atomic mass is 9.97. The molecule has 0 radical (unpaired) electrons. The first kappa shape index (κ1) is 7.60. The first-order valence-corrected chi connectivity index (χ1v) is 3.03. The second kappa shape index (κ2) is 2.80. The van der Waals surface area contributed by atoms with Gasteiger partial charge in [-0.25, -0.2) is 0 Å². The molecular weight excluding hydrogens is 102 g/mol. The fourth-order valence-corrected chi connectivity index (χ4v) is 0.379. The molecule has 0 aliphatic carbocycles. The van der Waals surface area contributed by atoms with Crippen LogP contribution in [0.4, 0.5) is 0 Å². The van der Waals surface area contributed by atoms with E-state index in [-0.39, 0.29) is 5.54 Å². The molecule has 48 valence electrons. The van der Waals surface area contributed by atoms with Crippen LogP contribution in [0.1, 0.15) is 33.6 Å². The molecule has 0 fully saturated rings. The van der Waals surface area contributed by atoms with Gasteiger partial charge in [-0.1, -0.05) is 19.0 Å². The van der Waals surface area contributed by atoms with E-state index in [0.717, 1.165) is 12.8 Å². The number of hydrogen-bond acceptors (Lipinski definition) is 2. The van der Waals surface area contributed by atoms with Gasteiger partial charge in [0.1, 0.15) is 0 Å². The van der Waals surface area contributed by atoms with Crippen molar-refractivity contribution in [3.63, 3.8) is 0 Å². The predicted molar refractivity (Wildman–Crippen MR) is 34.8 cm³/mol. The quantitative estimate of drug-likeness (QED) is 0.519. The Balaban J connectivity index is 3.76. The molecule has 0 N–H and O–H groups in total. The number of rotatable bonds is 3. The summed E-state index contributed by atoms with van der Waals surface area (Å²) >= 11 is 0. The van der Waals surface area contributed by atoms with E-state index in [9.17, 15) is 4.91 Å². The van der Waals surface area contributed by atoms with Crippen molar-refractivity contribution in [3.05, 3.63) is 4.91 Å². The average molecular weight is 115 g/mol. The number of nitroso groups, excluding NO2 is 1. The lowest BCUT2D eigenvalue weighted by molar-refractivity contribution is 0.437. The van der Waals surface area contributed by atoms with Crippen molar-refractivity contribution in [1.82, 2.24) is 0 Å². The maximum atomic E-state index is 10.0. The van der Waals surface area contributed by atoms with Crippen LogP contribution < -0.4 is 0 Å². The van der Waals surface area contributed by atoms with Crippen molar-refractivity contribution < 1.29 is 0 Å². The minimum Gasteiger partial charge on any atom is -0.150 e. The lowest BCUT2D eigenvalue weighted by Gasteiger charge is -2.14. The van der Waals surface area contributed by atoms with Crippen LogP contribution in [-0.2, 0) is 0 Å². The summed E-state index contributed by atoms with van der Waals surface area (Å²) in [6.45, 7) is 5.83. The standard InChI is InChI=1S/C6H13NO/c1-4-6(3,5-2)7-8/h4-5H2,1-3H3. The SMILES string of the molecule is CCC(C)(CC)N=O. The maximum Gasteiger partial charge on any atom is 0.0993 e. The topological polar surface area (TPSA) is 29.4 Å². The summed E-state index contributed by atoms with van der Waals surface area (Å²) in [5.74, 6) is 0. The molecule has 0 amide bonds. The average Bonchev–Trinajstić information content (AvgIpc) is 1.87. The fourth-order valence-electron chi connectivity index (χ4n) is 0.379. The Hall–Kier alpha value is -0.400. The van der Waals surface area contributed by atoms with Gasteiger partial charge in [-0.2, -0.15) is 4.91 Å². The van der Waals surface area contributed by atoms with E-state index in [4.69, 9.17) is 0 Å². The molecular formula is C6H13NO. The second-order valence-corrected chi connectivity index (χ2v) is 2.30. The van der Waals surface area contributed by atoms with Crippen molar-refractivity contribution in [2.75, 3.05) is 0 Å². The molecule has 0 unspecified atom stereocenters. The summed E-state index contributed by atoms with van der Waals surface area (Å²) in [6.07, 6.45) is 1.68. The highest BCUT2D eigenvalue weighted by molar-refractivity contribution is 4.77. The van der Waals surface area contributed by atoms with E-state index in [1.807, 2.05) is 20.8 Å². The van der Waals surface area contributed by atoms with E-state index in [1.54, 1.807) is 0 Å². The van der Waals surface area contributed by atoms with Crippen LogP contribution in [0.25, 0.3) is 0 Å². The zero-order valence-corrected chi connectivity index (χ0v) is 5.77. The van der Waals surface area contributed by atoms with E-state index < -0.39 is 0 Å². The van der Waals surface area contributed by atoms with E-state index in [1.165, 1.54) is 0 Å². The van der Waals surface area contributed by atoms with Crippen molar-refractivity contribution in [2.24, 2.45) is 5.18 Å². The third-order valence-corrected chi connectivity index (χ3v) is 1.74. The number of nitrogens with zero attached hydrogens (tertiary/aromatic N) is 1. The fraction of sp³-hybridized carbons (Fsp3) is 1.00. The Labute approximate surface area is 50.3 Å². The first-order valence-electron chi connectivity index (χ1n) is 3.03. The summed E-state index contributed by atoms with van der Waals surface area (Å²) in [4.78, 5) is 10.0. The van der Waals surface area contributed by atoms with Gasteiger partial charge in [-0.05, 0) is 19.8 Å². The molecule has 0 saturated heterocycles. The van der Waals surface area contributed by atoms with Crippen LogP contribution in [0.5, 0.6) is 0 Å². The van der Waals surface area contributed by atoms with Gasteiger partial charge in [0.05, 0.1) is 5.54 Å². The van der Waals surface area contributed by atoms with E-state index >= 15 is 0 Å². The lowest BCUT2D eigenvalue weighted by Crippen LogP contribution is -2.17. The molecule has 0 aliphatic rings. The molecule has 0 saturated carbocycles. The maximum absolute atomic E-state index is 10.0. The zero-order chi connectivity index (χ0) is 6.62. The molecule has 0 aromatic carbocycles. The summed E-state index contributed by atoms with van der Waals surface area (Å²) in [7, 11) is 0. The minimum absolute atomic E-state index is 0.306. The van der Waals surface area contributed by atoms with Crippen LogP contribution in [-0.4, -0.2) is 5.54 Å². The third-order valence-electron chi connectivity index (χ3n) is 1.74. The Morgan fingerprint density at radius 1 is 1.38 bits per heavy atom. The van der Waals surface area contributed by atoms with E-state index in [2.05, 4.69) is 5.18 Å². The zero-order valence-electron chi connectivity index (χ0n) is 5.77. The normalized spacial score (nSPS) is 11.4. The summed E-state index contributed by atoms with van der Waals surface area (Å²) in [6, 6.07) is 0. The number of hydrogen-bond donors (Lipinski definition) is 0. The van der Waals surface area contributed by atoms with Gasteiger partial charge in [0.15, 0.2) is 0 Å². The molecule has 0 aromatic rings. The van der Waals surface area contributed by atoms with Gasteiger partial charge < -0.3 is 0 Å². The van der Waals surface area contributed by atoms with Gasteiger partial charge >= 0.3 is 0 Å². The van der Waals surface area contributed by atoms with Gasteiger partial charge in [-0.3, -0.25) is 0 Å². The molecule has 0 bridgehead atoms. The largest absolute Gasteiger partial charge is 0.150 e. The second-order valence-electron chi connectivity index (χ2n) is 2.30. The summed E-state index contributed by atoms with van der Waals surface area (Å²) in [5.41, 5.74) is -0.306. The molecule has 0 aromatic heterocycles. The van der Waals surface area contributed by atoms with Crippen LogP contribution in [0.2, 0.25) is 0 Å². The molecule has 0 spiro atoms. The van der Waals surface area contributed by atoms with Crippen LogP contribution in [0.15, 0.2) is 5.18 Å². The van der Waals surface area contributed by atoms with Gasteiger partial charge in [-0.15, -0.1) is 0 Å². The van der Waals surface area contributed by atoms with Gasteiger partial charge in [0.25, 0.3) is 0 Å². The molecule has 0 aliphatic heterocycles. The monoisotopic (exact) mass is 115 g/mol. The Morgan fingerprint density at radius 2 is 1.75 bits per heavy atom. The Kier molecular flexibility index (Phi) is 2.66. The molecule has 0 rings (SSSR count). The summed E-state index contributed by atoms with van der Waals surface area (Å²) < 4.78 is 0. The third kappa shape index (κ3) is 1.60. The van der Waals surface area contributed by atoms with Crippen molar-refractivity contribution >= 4 is 0 Å². The van der Waals surface area contributed by atoms with Gasteiger partial charge in [0.2, 0.25) is 0 Å². The molecule has 2 heteroatoms. The van der Waals surface area contributed by atoms with Crippen LogP contribution >= 0.6 is 0 Å². The van der Waals surface area contributed by atoms with Crippen molar-refractivity contribution in [1.29, 1.82) is 0 Å². The smallest absolute Gasteiger partial charge is 0.0993 e. The van der Waals surface area contributed by atoms with Crippen molar-refractivity contribution in [2.45, 2.75) is 39.2 Å². The Bertz CT molecular complexity index is 76.6. The molecule has 0 heterocycles. The first-order chi connectivity index (χ1) is 3.68. The predicted octanol–water partition coefficient (Wildman–Crippen LogP) is 2.33. The van der Waals surface area contributed by atoms with Crippen LogP contribution in [0.3, 0.4) is 0 Å². The van der Waals surface area contributed by atoms with Crippen molar-refractivity contribution in [3.8, 4) is 0 Å². The van der Waals surface area contributed by atoms with Crippen LogP contribution in [0, 0.1) is 4.91 Å². The molecule has 8 heavy (non-hydrogen) atoms. The molecule has 0 atom stereocenters. The molecule has 2 nitrogen and oxygen atoms in total. The summed E-state index contributed by atoms with van der Waals surface area (Å²) in [5, 5.41) is 3.01. The van der Waals surface area contributed by atoms with E-state index in [0.29, 0.717) is 0 Å². The highest BCUT2D eigenvalue weighted by Crippen LogP contribution is 2.17. The minimum atomic E-state index is -0.306. The Morgan fingerprint density at radius 3 is 1.75 bits per heavy atom. The highest BCUT2D eigenvalue weighted by atomic mass is 16.3. The van der Waals surface area contributed by atoms with Gasteiger partial charge in [0, 0.05) is 0 Å².